The molecule has 0 radical (unpaired) electrons. The molecule has 2 atom stereocenters. The molecule has 0 bridgehead atoms. The van der Waals surface area contributed by atoms with Crippen LogP contribution in [0.25, 0.3) is 0 Å². The average Bonchev–Trinajstić information content (AvgIpc) is 2.11. The molecule has 0 aliphatic heterocycles. The van der Waals surface area contributed by atoms with Crippen molar-refractivity contribution >= 4 is 11.9 Å². The molecule has 0 saturated heterocycles. The Morgan fingerprint density at radius 3 is 2.07 bits per heavy atom. The van der Waals surface area contributed by atoms with Crippen molar-refractivity contribution < 1.29 is 14.7 Å². The summed E-state index contributed by atoms with van der Waals surface area (Å²) in [6.45, 7) is 8.08. The van der Waals surface area contributed by atoms with Crippen LogP contribution in [0.5, 0.6) is 0 Å². The first-order valence-electron chi connectivity index (χ1n) is 4.86. The van der Waals surface area contributed by atoms with Crippen LogP contribution >= 0.6 is 0 Å². The van der Waals surface area contributed by atoms with E-state index >= 15 is 0 Å². The van der Waals surface area contributed by atoms with Crippen molar-refractivity contribution in [2.75, 3.05) is 6.54 Å². The predicted octanol–water partition coefficient (Wildman–Crippen LogP) is 1.12. The van der Waals surface area contributed by atoms with Gasteiger partial charge in [0.05, 0.1) is 0 Å². The minimum absolute atomic E-state index is 0.361. The first kappa shape index (κ1) is 12.9. The Kier molecular flexibility index (Phi) is 5.20. The van der Waals surface area contributed by atoms with Crippen LogP contribution in [0.1, 0.15) is 27.7 Å². The van der Waals surface area contributed by atoms with Crippen LogP contribution < -0.4 is 5.32 Å². The summed E-state index contributed by atoms with van der Waals surface area (Å²) in [6, 6.07) is 0. The minimum atomic E-state index is -1.08. The van der Waals surface area contributed by atoms with Crippen molar-refractivity contribution in [3.05, 3.63) is 0 Å². The molecule has 0 aromatic carbocycles. The molecule has 2 unspecified atom stereocenters. The lowest BCUT2D eigenvalue weighted by molar-refractivity contribution is -0.146. The number of carbonyl (C=O) groups is 2. The Morgan fingerprint density at radius 1 is 1.21 bits per heavy atom. The topological polar surface area (TPSA) is 66.4 Å². The van der Waals surface area contributed by atoms with Crippen LogP contribution in [0.2, 0.25) is 0 Å². The number of hydrogen-bond donors (Lipinski definition) is 2. The van der Waals surface area contributed by atoms with Gasteiger partial charge < -0.3 is 10.4 Å². The zero-order valence-corrected chi connectivity index (χ0v) is 9.20. The highest BCUT2D eigenvalue weighted by atomic mass is 16.4. The van der Waals surface area contributed by atoms with Gasteiger partial charge in [0, 0.05) is 6.54 Å². The summed E-state index contributed by atoms with van der Waals surface area (Å²) in [6.07, 6.45) is 0. The number of carboxylic acids is 1. The van der Waals surface area contributed by atoms with E-state index in [0.717, 1.165) is 0 Å². The summed E-state index contributed by atoms with van der Waals surface area (Å²) in [5.74, 6) is -1.62. The van der Waals surface area contributed by atoms with E-state index in [1.807, 2.05) is 6.92 Å². The zero-order valence-electron chi connectivity index (χ0n) is 9.20. The van der Waals surface area contributed by atoms with Crippen molar-refractivity contribution in [1.29, 1.82) is 0 Å². The second-order valence-electron chi connectivity index (χ2n) is 4.03. The van der Waals surface area contributed by atoms with E-state index < -0.39 is 17.8 Å². The largest absolute Gasteiger partial charge is 0.481 e. The number of carboxylic acid groups (broad SMARTS) is 1. The molecule has 0 spiro atoms. The molecular formula is C10H19NO3. The summed E-state index contributed by atoms with van der Waals surface area (Å²) in [5.41, 5.74) is 0. The van der Waals surface area contributed by atoms with Gasteiger partial charge in [-0.05, 0) is 18.8 Å². The zero-order chi connectivity index (χ0) is 11.3. The highest BCUT2D eigenvalue weighted by Gasteiger charge is 2.20. The fourth-order valence-corrected chi connectivity index (χ4v) is 0.763. The molecule has 0 fully saturated rings. The van der Waals surface area contributed by atoms with Crippen LogP contribution in [0.3, 0.4) is 0 Å². The Morgan fingerprint density at radius 2 is 1.71 bits per heavy atom. The molecule has 0 heterocycles. The van der Waals surface area contributed by atoms with E-state index in [1.165, 1.54) is 6.92 Å². The van der Waals surface area contributed by atoms with Crippen LogP contribution in [0, 0.1) is 17.8 Å². The van der Waals surface area contributed by atoms with Crippen molar-refractivity contribution in [2.45, 2.75) is 27.7 Å². The molecule has 0 saturated carbocycles. The summed E-state index contributed by atoms with van der Waals surface area (Å²) < 4.78 is 0. The lowest BCUT2D eigenvalue weighted by atomic mass is 9.98. The predicted molar refractivity (Wildman–Crippen MR) is 53.8 cm³/mol. The Labute approximate surface area is 84.7 Å². The fourth-order valence-electron chi connectivity index (χ4n) is 0.763. The van der Waals surface area contributed by atoms with Crippen LogP contribution in [0.15, 0.2) is 0 Å². The van der Waals surface area contributed by atoms with Gasteiger partial charge in [0.2, 0.25) is 5.91 Å². The molecule has 14 heavy (non-hydrogen) atoms. The molecule has 0 rings (SSSR count). The first-order valence-corrected chi connectivity index (χ1v) is 4.86. The van der Waals surface area contributed by atoms with Gasteiger partial charge in [-0.25, -0.2) is 0 Å². The number of nitrogens with one attached hydrogen (secondary N) is 1. The Bertz CT molecular complexity index is 213. The molecular weight excluding hydrogens is 182 g/mol. The third-order valence-electron chi connectivity index (χ3n) is 2.50. The first-order chi connectivity index (χ1) is 6.36. The number of rotatable bonds is 5. The SMILES string of the molecule is CC(C(=O)O)C(=O)NCC(C)C(C)C. The Balaban J connectivity index is 3.91. The minimum Gasteiger partial charge on any atom is -0.481 e. The van der Waals surface area contributed by atoms with Crippen LogP contribution in [0.4, 0.5) is 0 Å². The van der Waals surface area contributed by atoms with E-state index in [2.05, 4.69) is 19.2 Å². The summed E-state index contributed by atoms with van der Waals surface area (Å²) in [7, 11) is 0. The molecule has 0 aromatic rings. The van der Waals surface area contributed by atoms with Gasteiger partial charge in [-0.3, -0.25) is 9.59 Å². The maximum Gasteiger partial charge on any atom is 0.315 e. The number of amides is 1. The van der Waals surface area contributed by atoms with E-state index in [-0.39, 0.29) is 0 Å². The van der Waals surface area contributed by atoms with E-state index in [1.54, 1.807) is 0 Å². The van der Waals surface area contributed by atoms with Gasteiger partial charge in [-0.1, -0.05) is 20.8 Å². The molecule has 2 N–H and O–H groups in total. The lowest BCUT2D eigenvalue weighted by Gasteiger charge is -2.16. The molecule has 1 amide bonds. The normalized spacial score (nSPS) is 14.9. The molecule has 0 aliphatic carbocycles. The number of hydrogen-bond acceptors (Lipinski definition) is 2. The third-order valence-corrected chi connectivity index (χ3v) is 2.50. The molecule has 4 heteroatoms. The van der Waals surface area contributed by atoms with Crippen LogP contribution in [-0.4, -0.2) is 23.5 Å². The van der Waals surface area contributed by atoms with Crippen molar-refractivity contribution in [3.63, 3.8) is 0 Å². The Hall–Kier alpha value is -1.06. The van der Waals surface area contributed by atoms with Gasteiger partial charge in [0.25, 0.3) is 0 Å². The summed E-state index contributed by atoms with van der Waals surface area (Å²) >= 11 is 0. The highest BCUT2D eigenvalue weighted by Crippen LogP contribution is 2.07. The lowest BCUT2D eigenvalue weighted by Crippen LogP contribution is -2.36. The molecule has 0 aliphatic rings. The van der Waals surface area contributed by atoms with Gasteiger partial charge in [0.1, 0.15) is 5.92 Å². The molecule has 4 nitrogen and oxygen atoms in total. The van der Waals surface area contributed by atoms with E-state index in [0.29, 0.717) is 18.4 Å². The maximum atomic E-state index is 11.2. The van der Waals surface area contributed by atoms with Gasteiger partial charge in [0.15, 0.2) is 0 Å². The number of aliphatic carboxylic acids is 1. The molecule has 82 valence electrons. The molecule has 0 aromatic heterocycles. The third kappa shape index (κ3) is 4.25. The van der Waals surface area contributed by atoms with Gasteiger partial charge >= 0.3 is 5.97 Å². The average molecular weight is 201 g/mol. The van der Waals surface area contributed by atoms with Gasteiger partial charge in [-0.2, -0.15) is 0 Å². The van der Waals surface area contributed by atoms with Crippen molar-refractivity contribution in [2.24, 2.45) is 17.8 Å². The smallest absolute Gasteiger partial charge is 0.315 e. The summed E-state index contributed by atoms with van der Waals surface area (Å²) in [4.78, 5) is 21.7. The second-order valence-corrected chi connectivity index (χ2v) is 4.03. The summed E-state index contributed by atoms with van der Waals surface area (Å²) in [5, 5.41) is 11.2. The highest BCUT2D eigenvalue weighted by molar-refractivity contribution is 5.96. The van der Waals surface area contributed by atoms with E-state index in [4.69, 9.17) is 5.11 Å². The quantitative estimate of drug-likeness (QED) is 0.655. The second kappa shape index (κ2) is 5.62. The standard InChI is InChI=1S/C10H19NO3/c1-6(2)7(3)5-11-9(12)8(4)10(13)14/h6-8H,5H2,1-4H3,(H,11,12)(H,13,14). The maximum absolute atomic E-state index is 11.2. The van der Waals surface area contributed by atoms with Crippen molar-refractivity contribution in [3.8, 4) is 0 Å². The monoisotopic (exact) mass is 201 g/mol. The number of carbonyl (C=O) groups excluding carboxylic acids is 1. The fraction of sp³-hybridized carbons (Fsp3) is 0.800. The van der Waals surface area contributed by atoms with Crippen molar-refractivity contribution in [1.82, 2.24) is 5.32 Å². The van der Waals surface area contributed by atoms with E-state index in [9.17, 15) is 9.59 Å². The van der Waals surface area contributed by atoms with Crippen LogP contribution in [-0.2, 0) is 9.59 Å². The van der Waals surface area contributed by atoms with Gasteiger partial charge in [-0.15, -0.1) is 0 Å².